The largest absolute Gasteiger partial charge is 0.481 e. The van der Waals surface area contributed by atoms with E-state index >= 15 is 0 Å². The van der Waals surface area contributed by atoms with Crippen LogP contribution in [0.3, 0.4) is 0 Å². The normalized spacial score (nSPS) is 11.6. The summed E-state index contributed by atoms with van der Waals surface area (Å²) in [6.07, 6.45) is 31.8. The van der Waals surface area contributed by atoms with E-state index in [0.717, 1.165) is 58.0 Å². The molecule has 0 aromatic heterocycles. The van der Waals surface area contributed by atoms with E-state index in [4.69, 9.17) is 23.5 Å². The Labute approximate surface area is 318 Å². The molecule has 0 amide bonds. The quantitative estimate of drug-likeness (QED) is 0.0445. The van der Waals surface area contributed by atoms with Crippen molar-refractivity contribution in [3.8, 4) is 0 Å². The van der Waals surface area contributed by atoms with Gasteiger partial charge < -0.3 is 20.4 Å². The first-order chi connectivity index (χ1) is 24.1. The van der Waals surface area contributed by atoms with Gasteiger partial charge in [0.1, 0.15) is 0 Å². The van der Waals surface area contributed by atoms with Crippen molar-refractivity contribution in [1.82, 2.24) is 0 Å². The second-order valence-electron chi connectivity index (χ2n) is 13.0. The van der Waals surface area contributed by atoms with Gasteiger partial charge in [-0.15, -0.1) is 0 Å². The zero-order valence-electron chi connectivity index (χ0n) is 32.9. The summed E-state index contributed by atoms with van der Waals surface area (Å²) in [5, 5.41) is 33.2. The molecule has 1 rings (SSSR count). The van der Waals surface area contributed by atoms with Gasteiger partial charge in [-0.25, -0.2) is 0 Å². The molecule has 1 saturated heterocycles. The Morgan fingerprint density at radius 3 is 0.780 bits per heavy atom. The van der Waals surface area contributed by atoms with E-state index in [1.807, 2.05) is 0 Å². The van der Waals surface area contributed by atoms with Crippen LogP contribution in [0.15, 0.2) is 0 Å². The van der Waals surface area contributed by atoms with Crippen molar-refractivity contribution in [2.75, 3.05) is 6.61 Å². The fourth-order valence-corrected chi connectivity index (χ4v) is 6.59. The Morgan fingerprint density at radius 1 is 0.400 bits per heavy atom. The number of hydrogen-bond donors (Lipinski definition) is 4. The third kappa shape index (κ3) is 72.4. The first-order valence-electron chi connectivity index (χ1n) is 20.2. The van der Waals surface area contributed by atoms with Crippen molar-refractivity contribution in [3.63, 3.8) is 0 Å². The maximum absolute atomic E-state index is 10.1. The minimum absolute atomic E-state index is 0.0719. The van der Waals surface area contributed by atoms with Crippen LogP contribution in [0.1, 0.15) is 220 Å². The molecule has 0 radical (unpaired) electrons. The van der Waals surface area contributed by atoms with Gasteiger partial charge >= 0.3 is 72.2 Å². The summed E-state index contributed by atoms with van der Waals surface area (Å²) >= 11 is 0.0719. The molecule has 1 heterocycles. The van der Waals surface area contributed by atoms with Crippen LogP contribution >= 0.6 is 0 Å². The van der Waals surface area contributed by atoms with Crippen LogP contribution < -0.4 is 0 Å². The van der Waals surface area contributed by atoms with Crippen molar-refractivity contribution in [2.24, 2.45) is 0 Å². The van der Waals surface area contributed by atoms with Gasteiger partial charge in [0.2, 0.25) is 0 Å². The molecule has 0 bridgehead atoms. The Morgan fingerprint density at radius 2 is 0.640 bits per heavy atom. The van der Waals surface area contributed by atoms with Crippen LogP contribution in [0, 0.1) is 0 Å². The summed E-state index contributed by atoms with van der Waals surface area (Å²) in [5.41, 5.74) is 0. The summed E-state index contributed by atoms with van der Waals surface area (Å²) in [5.74, 6) is -2.67. The van der Waals surface area contributed by atoms with Gasteiger partial charge in [-0.3, -0.25) is 19.2 Å². The molecule has 0 unspecified atom stereocenters. The predicted octanol–water partition coefficient (Wildman–Crippen LogP) is 12.1. The molecule has 1 fully saturated rings. The van der Waals surface area contributed by atoms with E-state index in [1.165, 1.54) is 120 Å². The molecular formula is C40H80O9Te. The average Bonchev–Trinajstić information content (AvgIpc) is 3.09. The van der Waals surface area contributed by atoms with Gasteiger partial charge in [-0.05, 0) is 25.7 Å². The number of unbranched alkanes of at least 4 members (excludes halogenated alkanes) is 20. The van der Waals surface area contributed by atoms with Crippen molar-refractivity contribution in [3.05, 3.63) is 0 Å². The van der Waals surface area contributed by atoms with Crippen LogP contribution in [0.2, 0.25) is 4.47 Å². The zero-order valence-corrected chi connectivity index (χ0v) is 35.2. The Balaban J connectivity index is -0.000000268. The number of carbonyl (C=O) groups is 4. The topological polar surface area (TPSA) is 158 Å². The summed E-state index contributed by atoms with van der Waals surface area (Å²) in [4.78, 5) is 40.3. The fraction of sp³-hybridized carbons (Fsp3) is 0.900. The molecule has 9 nitrogen and oxygen atoms in total. The number of carboxylic acid groups (broad SMARTS) is 4. The number of aliphatic carboxylic acids is 4. The van der Waals surface area contributed by atoms with Crippen LogP contribution in [0.5, 0.6) is 0 Å². The van der Waals surface area contributed by atoms with E-state index < -0.39 is 23.9 Å². The molecule has 0 spiro atoms. The van der Waals surface area contributed by atoms with E-state index in [1.54, 1.807) is 0 Å². The van der Waals surface area contributed by atoms with Crippen LogP contribution in [0.4, 0.5) is 0 Å². The molecular weight excluding hydrogens is 752 g/mol. The van der Waals surface area contributed by atoms with Gasteiger partial charge in [0, 0.05) is 25.7 Å². The van der Waals surface area contributed by atoms with E-state index in [2.05, 4.69) is 27.7 Å². The van der Waals surface area contributed by atoms with Crippen LogP contribution in [-0.2, 0) is 22.3 Å². The Kier molecular flexibility index (Phi) is 57.6. The zero-order chi connectivity index (χ0) is 38.4. The van der Waals surface area contributed by atoms with E-state index in [9.17, 15) is 19.2 Å². The fourth-order valence-electron chi connectivity index (χ4n) is 4.67. The summed E-state index contributed by atoms with van der Waals surface area (Å²) in [6, 6.07) is 0. The maximum Gasteiger partial charge on any atom is 0.303 e. The van der Waals surface area contributed by atoms with Gasteiger partial charge in [0.15, 0.2) is 0 Å². The summed E-state index contributed by atoms with van der Waals surface area (Å²) < 4.78 is 6.61. The molecule has 300 valence electrons. The van der Waals surface area contributed by atoms with E-state index in [-0.39, 0.29) is 21.3 Å². The second kappa shape index (κ2) is 52.0. The Bertz CT molecular complexity index is 637. The number of carboxylic acids is 4. The molecule has 0 aromatic carbocycles. The van der Waals surface area contributed by atoms with Crippen LogP contribution in [0.25, 0.3) is 0 Å². The van der Waals surface area contributed by atoms with Crippen molar-refractivity contribution < 1.29 is 42.7 Å². The summed E-state index contributed by atoms with van der Waals surface area (Å²) in [7, 11) is 0. The summed E-state index contributed by atoms with van der Waals surface area (Å²) in [6.45, 7) is 9.76. The third-order valence-corrected chi connectivity index (χ3v) is 10.0. The first-order valence-corrected chi connectivity index (χ1v) is 22.8. The average molecular weight is 833 g/mol. The molecule has 1 aliphatic heterocycles. The van der Waals surface area contributed by atoms with Gasteiger partial charge in [-0.2, -0.15) is 0 Å². The Hall–Kier alpha value is -1.37. The standard InChI is InChI=1S/2C10H20O2.2C8H16O2.C4H8OTe/c2*1-2-3-4-5-6-7-8-9-10(11)12;2*1-2-3-4-5-6-7-8(9)10;1-2-4-6-5-3-1/h2*2-9H2,1H3,(H,11,12);2*2-7H2,1H3,(H,9,10);1-4H2. The molecule has 0 aliphatic carbocycles. The molecule has 0 aromatic rings. The molecule has 1 aliphatic rings. The molecule has 0 saturated carbocycles. The minimum Gasteiger partial charge on any atom is -0.481 e. The molecule has 10 heteroatoms. The maximum atomic E-state index is 10.1. The minimum atomic E-state index is -0.670. The van der Waals surface area contributed by atoms with Gasteiger partial charge in [-0.1, -0.05) is 156 Å². The van der Waals surface area contributed by atoms with Gasteiger partial charge in [0.05, 0.1) is 0 Å². The smallest absolute Gasteiger partial charge is 0.303 e. The molecule has 0 atom stereocenters. The SMILES string of the molecule is C1CC[Te]OC1.CCCCCCCC(=O)O.CCCCCCCC(=O)O.CCCCCCCCCC(=O)O.CCCCCCCCCC(=O)O. The second-order valence-corrected chi connectivity index (χ2v) is 15.5. The first kappa shape index (κ1) is 55.4. The van der Waals surface area contributed by atoms with E-state index in [0.29, 0.717) is 25.7 Å². The monoisotopic (exact) mass is 834 g/mol. The number of rotatable bonds is 28. The van der Waals surface area contributed by atoms with Gasteiger partial charge in [0.25, 0.3) is 0 Å². The van der Waals surface area contributed by atoms with Crippen molar-refractivity contribution in [2.45, 2.75) is 225 Å². The predicted molar refractivity (Wildman–Crippen MR) is 208 cm³/mol. The number of hydrogen-bond acceptors (Lipinski definition) is 5. The van der Waals surface area contributed by atoms with Crippen molar-refractivity contribution >= 4 is 45.2 Å². The molecule has 50 heavy (non-hydrogen) atoms. The van der Waals surface area contributed by atoms with Crippen LogP contribution in [-0.4, -0.2) is 72.2 Å². The third-order valence-electron chi connectivity index (χ3n) is 7.77. The van der Waals surface area contributed by atoms with Crippen molar-refractivity contribution in [1.29, 1.82) is 0 Å². The molecule has 4 N–H and O–H groups in total.